The quantitative estimate of drug-likeness (QED) is 0.557. The number of hydrogen-bond acceptors (Lipinski definition) is 6. The monoisotopic (exact) mass is 344 g/mol. The zero-order valence-electron chi connectivity index (χ0n) is 15.3. The Bertz CT molecular complexity index is 371. The van der Waals surface area contributed by atoms with Gasteiger partial charge in [-0.05, 0) is 44.9 Å². The third-order valence-electron chi connectivity index (χ3n) is 4.38. The summed E-state index contributed by atoms with van der Waals surface area (Å²) in [5.74, 6) is 0.371. The van der Waals surface area contributed by atoms with Crippen molar-refractivity contribution in [2.45, 2.75) is 84.3 Å². The topological polar surface area (TPSA) is 71.1 Å². The molecule has 0 N–H and O–H groups in total. The summed E-state index contributed by atoms with van der Waals surface area (Å²) in [5, 5.41) is 0. The molecule has 0 heterocycles. The van der Waals surface area contributed by atoms with Crippen LogP contribution >= 0.6 is 0 Å². The fraction of sp³-hybridized carbons (Fsp3) is 0.889. The lowest BCUT2D eigenvalue weighted by molar-refractivity contribution is -0.0722. The van der Waals surface area contributed by atoms with Crippen LogP contribution in [0.1, 0.15) is 72.1 Å². The zero-order chi connectivity index (χ0) is 17.8. The van der Waals surface area contributed by atoms with Gasteiger partial charge < -0.3 is 18.9 Å². The van der Waals surface area contributed by atoms with Gasteiger partial charge in [0.2, 0.25) is 0 Å². The lowest BCUT2D eigenvalue weighted by Gasteiger charge is -2.30. The highest BCUT2D eigenvalue weighted by Crippen LogP contribution is 2.25. The van der Waals surface area contributed by atoms with Crippen molar-refractivity contribution < 1.29 is 28.5 Å². The van der Waals surface area contributed by atoms with Crippen molar-refractivity contribution in [3.63, 3.8) is 0 Å². The fourth-order valence-electron chi connectivity index (χ4n) is 2.85. The Kier molecular flexibility index (Phi) is 10.3. The number of ether oxygens (including phenoxy) is 4. The molecule has 0 aromatic heterocycles. The van der Waals surface area contributed by atoms with E-state index in [1.807, 2.05) is 0 Å². The average molecular weight is 344 g/mol. The van der Waals surface area contributed by atoms with E-state index in [0.29, 0.717) is 25.4 Å². The second-order valence-electron chi connectivity index (χ2n) is 6.26. The number of hydrogen-bond donors (Lipinski definition) is 0. The van der Waals surface area contributed by atoms with E-state index in [4.69, 9.17) is 18.9 Å². The predicted molar refractivity (Wildman–Crippen MR) is 89.9 cm³/mol. The summed E-state index contributed by atoms with van der Waals surface area (Å²) >= 11 is 0. The summed E-state index contributed by atoms with van der Waals surface area (Å²) in [6, 6.07) is 0. The molecular formula is C18H32O6. The molecule has 6 nitrogen and oxygen atoms in total. The highest BCUT2D eigenvalue weighted by molar-refractivity contribution is 5.61. The third kappa shape index (κ3) is 7.88. The van der Waals surface area contributed by atoms with Gasteiger partial charge in [-0.1, -0.05) is 33.1 Å². The molecule has 0 bridgehead atoms. The predicted octanol–water partition coefficient (Wildman–Crippen LogP) is 4.84. The molecule has 1 rings (SSSR count). The normalized spacial score (nSPS) is 21.6. The summed E-state index contributed by atoms with van der Waals surface area (Å²) in [6.45, 7) is 6.60. The van der Waals surface area contributed by atoms with E-state index < -0.39 is 24.5 Å². The van der Waals surface area contributed by atoms with E-state index in [-0.39, 0.29) is 6.61 Å². The van der Waals surface area contributed by atoms with Crippen LogP contribution in [0.5, 0.6) is 0 Å². The fourth-order valence-corrected chi connectivity index (χ4v) is 2.85. The Morgan fingerprint density at radius 1 is 0.958 bits per heavy atom. The Morgan fingerprint density at radius 2 is 1.54 bits per heavy atom. The van der Waals surface area contributed by atoms with Gasteiger partial charge in [0.1, 0.15) is 12.2 Å². The molecule has 3 atom stereocenters. The van der Waals surface area contributed by atoms with E-state index >= 15 is 0 Å². The summed E-state index contributed by atoms with van der Waals surface area (Å²) in [7, 11) is 0. The van der Waals surface area contributed by atoms with Crippen molar-refractivity contribution in [1.29, 1.82) is 0 Å². The minimum atomic E-state index is -0.711. The van der Waals surface area contributed by atoms with Gasteiger partial charge in [-0.2, -0.15) is 0 Å². The number of rotatable bonds is 9. The molecule has 0 radical (unpaired) electrons. The molecule has 140 valence electrons. The van der Waals surface area contributed by atoms with Crippen LogP contribution in [0.25, 0.3) is 0 Å². The van der Waals surface area contributed by atoms with Gasteiger partial charge in [0.15, 0.2) is 0 Å². The minimum absolute atomic E-state index is 0.259. The average Bonchev–Trinajstić information content (AvgIpc) is 2.57. The van der Waals surface area contributed by atoms with Gasteiger partial charge in [0, 0.05) is 0 Å². The van der Waals surface area contributed by atoms with Crippen LogP contribution in [-0.4, -0.2) is 37.7 Å². The second kappa shape index (κ2) is 12.0. The van der Waals surface area contributed by atoms with Gasteiger partial charge in [0.05, 0.1) is 13.2 Å². The van der Waals surface area contributed by atoms with Crippen molar-refractivity contribution in [2.75, 3.05) is 13.2 Å². The summed E-state index contributed by atoms with van der Waals surface area (Å²) in [5.41, 5.74) is 0. The molecular weight excluding hydrogens is 312 g/mol. The van der Waals surface area contributed by atoms with Gasteiger partial charge >= 0.3 is 12.3 Å². The molecule has 0 aromatic carbocycles. The smallest absolute Gasteiger partial charge is 0.435 e. The number of unbranched alkanes of at least 4 members (excludes halogenated alkanes) is 1. The van der Waals surface area contributed by atoms with Crippen LogP contribution in [0.4, 0.5) is 9.59 Å². The molecule has 3 unspecified atom stereocenters. The van der Waals surface area contributed by atoms with E-state index in [0.717, 1.165) is 38.5 Å². The Balaban J connectivity index is 2.40. The Hall–Kier alpha value is -1.46. The molecule has 24 heavy (non-hydrogen) atoms. The standard InChI is InChI=1S/C18H32O6/c1-4-7-10-14(5-2)13-22-18(20)24-16-12-9-8-11-15(16)23-17(19)21-6-3/h14-16H,4-13H2,1-3H3. The van der Waals surface area contributed by atoms with Crippen molar-refractivity contribution in [3.05, 3.63) is 0 Å². The van der Waals surface area contributed by atoms with Gasteiger partial charge in [-0.25, -0.2) is 9.59 Å². The summed E-state index contributed by atoms with van der Waals surface area (Å²) in [6.07, 6.45) is 5.24. The molecule has 1 aliphatic rings. The van der Waals surface area contributed by atoms with Crippen LogP contribution in [0.3, 0.4) is 0 Å². The molecule has 1 saturated carbocycles. The molecule has 6 heteroatoms. The SMILES string of the molecule is CCCCC(CC)COC(=O)OC1CCCCC1OC(=O)OCC. The Morgan fingerprint density at radius 3 is 2.04 bits per heavy atom. The first-order valence-electron chi connectivity index (χ1n) is 9.27. The van der Waals surface area contributed by atoms with Crippen molar-refractivity contribution in [1.82, 2.24) is 0 Å². The first kappa shape index (κ1) is 20.6. The molecule has 0 aliphatic heterocycles. The number of carbonyl (C=O) groups is 2. The van der Waals surface area contributed by atoms with Gasteiger partial charge in [0.25, 0.3) is 0 Å². The van der Waals surface area contributed by atoms with E-state index in [1.165, 1.54) is 0 Å². The molecule has 0 saturated heterocycles. The molecule has 1 aliphatic carbocycles. The third-order valence-corrected chi connectivity index (χ3v) is 4.38. The molecule has 0 aromatic rings. The van der Waals surface area contributed by atoms with Crippen LogP contribution in [0.15, 0.2) is 0 Å². The lowest BCUT2D eigenvalue weighted by Crippen LogP contribution is -2.38. The van der Waals surface area contributed by atoms with Crippen molar-refractivity contribution in [2.24, 2.45) is 5.92 Å². The first-order chi connectivity index (χ1) is 11.6. The van der Waals surface area contributed by atoms with Crippen LogP contribution in [0, 0.1) is 5.92 Å². The van der Waals surface area contributed by atoms with Crippen LogP contribution in [-0.2, 0) is 18.9 Å². The molecule has 1 fully saturated rings. The van der Waals surface area contributed by atoms with Gasteiger partial charge in [-0.3, -0.25) is 0 Å². The zero-order valence-corrected chi connectivity index (χ0v) is 15.3. The second-order valence-corrected chi connectivity index (χ2v) is 6.26. The summed E-state index contributed by atoms with van der Waals surface area (Å²) < 4.78 is 20.7. The maximum atomic E-state index is 11.9. The maximum absolute atomic E-state index is 11.9. The number of carbonyl (C=O) groups excluding carboxylic acids is 2. The Labute approximate surface area is 145 Å². The van der Waals surface area contributed by atoms with E-state index in [9.17, 15) is 9.59 Å². The highest BCUT2D eigenvalue weighted by Gasteiger charge is 2.32. The first-order valence-corrected chi connectivity index (χ1v) is 9.27. The van der Waals surface area contributed by atoms with Crippen molar-refractivity contribution in [3.8, 4) is 0 Å². The molecule has 0 spiro atoms. The van der Waals surface area contributed by atoms with Gasteiger partial charge in [-0.15, -0.1) is 0 Å². The highest BCUT2D eigenvalue weighted by atomic mass is 16.8. The molecule has 0 amide bonds. The maximum Gasteiger partial charge on any atom is 0.508 e. The lowest BCUT2D eigenvalue weighted by atomic mass is 9.95. The minimum Gasteiger partial charge on any atom is -0.435 e. The van der Waals surface area contributed by atoms with Crippen LogP contribution < -0.4 is 0 Å². The van der Waals surface area contributed by atoms with E-state index in [1.54, 1.807) is 6.92 Å². The van der Waals surface area contributed by atoms with Crippen LogP contribution in [0.2, 0.25) is 0 Å². The summed E-state index contributed by atoms with van der Waals surface area (Å²) in [4.78, 5) is 23.4. The van der Waals surface area contributed by atoms with Crippen molar-refractivity contribution >= 4 is 12.3 Å². The van der Waals surface area contributed by atoms with E-state index in [2.05, 4.69) is 13.8 Å². The largest absolute Gasteiger partial charge is 0.508 e.